The Kier molecular flexibility index (Phi) is 5.99. The van der Waals surface area contributed by atoms with Crippen LogP contribution in [-0.2, 0) is 0 Å². The summed E-state index contributed by atoms with van der Waals surface area (Å²) in [5.41, 5.74) is 0.762. The van der Waals surface area contributed by atoms with Gasteiger partial charge in [-0.1, -0.05) is 31.5 Å². The van der Waals surface area contributed by atoms with Crippen molar-refractivity contribution in [1.29, 1.82) is 0 Å². The first-order chi connectivity index (χ1) is 9.66. The van der Waals surface area contributed by atoms with E-state index in [4.69, 9.17) is 0 Å². The zero-order valence-corrected chi connectivity index (χ0v) is 12.7. The number of nitrogens with zero attached hydrogens (tertiary/aromatic N) is 1. The van der Waals surface area contributed by atoms with Crippen molar-refractivity contribution in [2.75, 3.05) is 26.2 Å². The van der Waals surface area contributed by atoms with E-state index in [1.54, 1.807) is 6.07 Å². The third kappa shape index (κ3) is 4.57. The maximum absolute atomic E-state index is 13.7. The number of hydrogen-bond donors (Lipinski definition) is 1. The Morgan fingerprint density at radius 1 is 1.15 bits per heavy atom. The third-order valence-corrected chi connectivity index (χ3v) is 4.16. The van der Waals surface area contributed by atoms with Gasteiger partial charge in [-0.15, -0.1) is 0 Å². The summed E-state index contributed by atoms with van der Waals surface area (Å²) in [5, 5.41) is 3.46. The van der Waals surface area contributed by atoms with Crippen LogP contribution in [0.15, 0.2) is 24.3 Å². The molecule has 0 spiro atoms. The lowest BCUT2D eigenvalue weighted by molar-refractivity contribution is 0.197. The lowest BCUT2D eigenvalue weighted by atomic mass is 10.1. The van der Waals surface area contributed by atoms with Crippen LogP contribution in [0, 0.1) is 11.7 Å². The molecule has 1 heterocycles. The summed E-state index contributed by atoms with van der Waals surface area (Å²) in [6, 6.07) is 7.10. The quantitative estimate of drug-likeness (QED) is 0.855. The van der Waals surface area contributed by atoms with Gasteiger partial charge in [-0.3, -0.25) is 0 Å². The summed E-state index contributed by atoms with van der Waals surface area (Å²) in [6.45, 7) is 8.88. The summed E-state index contributed by atoms with van der Waals surface area (Å²) in [6.07, 6.45) is 4.06. The van der Waals surface area contributed by atoms with Crippen LogP contribution in [0.2, 0.25) is 0 Å². The number of likely N-dealkylation sites (tertiary alicyclic amines) is 1. The zero-order chi connectivity index (χ0) is 14.4. The van der Waals surface area contributed by atoms with Crippen molar-refractivity contribution in [2.24, 2.45) is 5.92 Å². The predicted molar refractivity (Wildman–Crippen MR) is 82.3 cm³/mol. The Morgan fingerprint density at radius 2 is 1.85 bits per heavy atom. The molecule has 2 unspecified atom stereocenters. The third-order valence-electron chi connectivity index (χ3n) is 4.16. The van der Waals surface area contributed by atoms with Gasteiger partial charge in [-0.2, -0.15) is 0 Å². The average Bonchev–Trinajstić information content (AvgIpc) is 2.46. The van der Waals surface area contributed by atoms with Crippen LogP contribution >= 0.6 is 0 Å². The number of piperidine rings is 1. The molecule has 2 nitrogen and oxygen atoms in total. The second-order valence-corrected chi connectivity index (χ2v) is 6.12. The molecule has 3 heteroatoms. The lowest BCUT2D eigenvalue weighted by Gasteiger charge is -2.29. The van der Waals surface area contributed by atoms with Crippen LogP contribution in [0.3, 0.4) is 0 Å². The Labute approximate surface area is 122 Å². The zero-order valence-electron chi connectivity index (χ0n) is 12.7. The molecule has 112 valence electrons. The normalized spacial score (nSPS) is 19.8. The number of rotatable bonds is 6. The maximum Gasteiger partial charge on any atom is 0.127 e. The summed E-state index contributed by atoms with van der Waals surface area (Å²) in [4.78, 5) is 2.56. The Hall–Kier alpha value is -0.930. The van der Waals surface area contributed by atoms with E-state index in [-0.39, 0.29) is 11.9 Å². The van der Waals surface area contributed by atoms with E-state index in [1.165, 1.54) is 38.4 Å². The molecule has 1 aromatic carbocycles. The van der Waals surface area contributed by atoms with Crippen LogP contribution in [0.4, 0.5) is 4.39 Å². The van der Waals surface area contributed by atoms with Gasteiger partial charge in [0, 0.05) is 18.2 Å². The van der Waals surface area contributed by atoms with Crippen molar-refractivity contribution in [3.63, 3.8) is 0 Å². The summed E-state index contributed by atoms with van der Waals surface area (Å²) >= 11 is 0. The molecular formula is C17H27FN2. The second kappa shape index (κ2) is 7.75. The maximum atomic E-state index is 13.7. The van der Waals surface area contributed by atoms with E-state index in [1.807, 2.05) is 19.1 Å². The number of halogens is 1. The smallest absolute Gasteiger partial charge is 0.127 e. The molecule has 0 aliphatic carbocycles. The molecule has 0 bridgehead atoms. The van der Waals surface area contributed by atoms with Crippen molar-refractivity contribution in [1.82, 2.24) is 10.2 Å². The highest BCUT2D eigenvalue weighted by atomic mass is 19.1. The number of hydrogen-bond acceptors (Lipinski definition) is 2. The van der Waals surface area contributed by atoms with E-state index in [0.717, 1.165) is 18.7 Å². The van der Waals surface area contributed by atoms with Crippen LogP contribution in [0.25, 0.3) is 0 Å². The molecule has 0 saturated carbocycles. The Balaban J connectivity index is 1.75. The van der Waals surface area contributed by atoms with Crippen molar-refractivity contribution in [3.05, 3.63) is 35.6 Å². The van der Waals surface area contributed by atoms with Gasteiger partial charge in [-0.05, 0) is 51.4 Å². The molecule has 20 heavy (non-hydrogen) atoms. The van der Waals surface area contributed by atoms with Crippen LogP contribution in [-0.4, -0.2) is 31.1 Å². The van der Waals surface area contributed by atoms with E-state index in [0.29, 0.717) is 5.92 Å². The SMILES string of the molecule is CC(CNC(C)c1ccccc1F)CN1CCCCC1. The molecular weight excluding hydrogens is 251 g/mol. The second-order valence-electron chi connectivity index (χ2n) is 6.12. The van der Waals surface area contributed by atoms with E-state index < -0.39 is 0 Å². The van der Waals surface area contributed by atoms with Crippen molar-refractivity contribution >= 4 is 0 Å². The summed E-state index contributed by atoms with van der Waals surface area (Å²) < 4.78 is 13.7. The molecule has 1 N–H and O–H groups in total. The first kappa shape index (κ1) is 15.5. The van der Waals surface area contributed by atoms with Crippen LogP contribution < -0.4 is 5.32 Å². The highest BCUT2D eigenvalue weighted by Gasteiger charge is 2.15. The number of benzene rings is 1. The fraction of sp³-hybridized carbons (Fsp3) is 0.647. The molecule has 0 aromatic heterocycles. The molecule has 1 aliphatic rings. The van der Waals surface area contributed by atoms with Crippen molar-refractivity contribution in [2.45, 2.75) is 39.2 Å². The Bertz CT molecular complexity index is 402. The van der Waals surface area contributed by atoms with Gasteiger partial charge in [-0.25, -0.2) is 4.39 Å². The molecule has 1 saturated heterocycles. The standard InChI is InChI=1S/C17H27FN2/c1-14(13-20-10-6-3-7-11-20)12-19-15(2)16-8-4-5-9-17(16)18/h4-5,8-9,14-15,19H,3,6-7,10-13H2,1-2H3. The van der Waals surface area contributed by atoms with Crippen molar-refractivity contribution in [3.8, 4) is 0 Å². The van der Waals surface area contributed by atoms with Gasteiger partial charge in [0.15, 0.2) is 0 Å². The summed E-state index contributed by atoms with van der Waals surface area (Å²) in [5.74, 6) is 0.485. The van der Waals surface area contributed by atoms with Crippen molar-refractivity contribution < 1.29 is 4.39 Å². The minimum atomic E-state index is -0.115. The highest BCUT2D eigenvalue weighted by molar-refractivity contribution is 5.20. The predicted octanol–water partition coefficient (Wildman–Crippen LogP) is 3.60. The van der Waals surface area contributed by atoms with Gasteiger partial charge >= 0.3 is 0 Å². The lowest BCUT2D eigenvalue weighted by Crippen LogP contribution is -2.37. The minimum absolute atomic E-state index is 0.0694. The van der Waals surface area contributed by atoms with Gasteiger partial charge < -0.3 is 10.2 Å². The van der Waals surface area contributed by atoms with E-state index in [9.17, 15) is 4.39 Å². The molecule has 1 fully saturated rings. The highest BCUT2D eigenvalue weighted by Crippen LogP contribution is 2.16. The summed E-state index contributed by atoms with van der Waals surface area (Å²) in [7, 11) is 0. The largest absolute Gasteiger partial charge is 0.310 e. The van der Waals surface area contributed by atoms with E-state index >= 15 is 0 Å². The average molecular weight is 278 g/mol. The minimum Gasteiger partial charge on any atom is -0.310 e. The topological polar surface area (TPSA) is 15.3 Å². The van der Waals surface area contributed by atoms with Gasteiger partial charge in [0.05, 0.1) is 0 Å². The van der Waals surface area contributed by atoms with Gasteiger partial charge in [0.2, 0.25) is 0 Å². The fourth-order valence-electron chi connectivity index (χ4n) is 2.96. The molecule has 1 aromatic rings. The Morgan fingerprint density at radius 3 is 2.55 bits per heavy atom. The molecule has 2 atom stereocenters. The molecule has 1 aliphatic heterocycles. The van der Waals surface area contributed by atoms with Crippen LogP contribution in [0.5, 0.6) is 0 Å². The first-order valence-corrected chi connectivity index (χ1v) is 7.87. The molecule has 2 rings (SSSR count). The fourth-order valence-corrected chi connectivity index (χ4v) is 2.96. The van der Waals surface area contributed by atoms with E-state index in [2.05, 4.69) is 17.1 Å². The number of nitrogens with one attached hydrogen (secondary N) is 1. The van der Waals surface area contributed by atoms with Gasteiger partial charge in [0.1, 0.15) is 5.82 Å². The monoisotopic (exact) mass is 278 g/mol. The molecule has 0 radical (unpaired) electrons. The van der Waals surface area contributed by atoms with Crippen LogP contribution in [0.1, 0.15) is 44.7 Å². The first-order valence-electron chi connectivity index (χ1n) is 7.87. The molecule has 0 amide bonds. The van der Waals surface area contributed by atoms with Gasteiger partial charge in [0.25, 0.3) is 0 Å².